The predicted octanol–water partition coefficient (Wildman–Crippen LogP) is 2.29. The van der Waals surface area contributed by atoms with Crippen molar-refractivity contribution in [2.24, 2.45) is 5.73 Å². The molecule has 0 radical (unpaired) electrons. The fraction of sp³-hybridized carbons (Fsp3) is 0.571. The average molecular weight is 268 g/mol. The van der Waals surface area contributed by atoms with Crippen LogP contribution in [0.3, 0.4) is 0 Å². The van der Waals surface area contributed by atoms with Gasteiger partial charge in [0.2, 0.25) is 0 Å². The van der Waals surface area contributed by atoms with Crippen molar-refractivity contribution in [3.05, 3.63) is 28.8 Å². The summed E-state index contributed by atoms with van der Waals surface area (Å²) in [6.45, 7) is 8.21. The van der Waals surface area contributed by atoms with Crippen molar-refractivity contribution in [2.75, 3.05) is 38.1 Å². The third-order valence-electron chi connectivity index (χ3n) is 3.54. The molecule has 0 aromatic heterocycles. The van der Waals surface area contributed by atoms with Gasteiger partial charge in [0, 0.05) is 31.7 Å². The Labute approximate surface area is 115 Å². The zero-order valence-electron chi connectivity index (χ0n) is 11.4. The highest BCUT2D eigenvalue weighted by atomic mass is 35.5. The lowest BCUT2D eigenvalue weighted by Gasteiger charge is -2.35. The first kappa shape index (κ1) is 13.7. The van der Waals surface area contributed by atoms with Crippen LogP contribution in [-0.2, 0) is 5.54 Å². The first-order valence-electron chi connectivity index (χ1n) is 6.40. The Bertz CT molecular complexity index is 418. The van der Waals surface area contributed by atoms with Crippen molar-refractivity contribution >= 4 is 17.3 Å². The summed E-state index contributed by atoms with van der Waals surface area (Å²) in [5.41, 5.74) is 7.95. The molecule has 100 valence electrons. The van der Waals surface area contributed by atoms with Gasteiger partial charge >= 0.3 is 0 Å². The first-order chi connectivity index (χ1) is 8.38. The van der Waals surface area contributed by atoms with Crippen molar-refractivity contribution in [3.63, 3.8) is 0 Å². The second kappa shape index (κ2) is 5.08. The van der Waals surface area contributed by atoms with Crippen molar-refractivity contribution < 1.29 is 0 Å². The molecule has 0 bridgehead atoms. The number of rotatable bonds is 2. The van der Waals surface area contributed by atoms with E-state index in [1.807, 2.05) is 19.9 Å². The van der Waals surface area contributed by atoms with Crippen molar-refractivity contribution in [3.8, 4) is 0 Å². The van der Waals surface area contributed by atoms with E-state index in [0.717, 1.165) is 42.5 Å². The quantitative estimate of drug-likeness (QED) is 0.892. The molecule has 2 N–H and O–H groups in total. The summed E-state index contributed by atoms with van der Waals surface area (Å²) in [4.78, 5) is 4.68. The Morgan fingerprint density at radius 1 is 1.17 bits per heavy atom. The van der Waals surface area contributed by atoms with Gasteiger partial charge in [0.25, 0.3) is 0 Å². The highest BCUT2D eigenvalue weighted by molar-refractivity contribution is 6.33. The van der Waals surface area contributed by atoms with Crippen LogP contribution in [0.25, 0.3) is 0 Å². The van der Waals surface area contributed by atoms with Gasteiger partial charge in [-0.2, -0.15) is 0 Å². The zero-order chi connectivity index (χ0) is 13.3. The lowest BCUT2D eigenvalue weighted by atomic mass is 9.95. The molecule has 0 unspecified atom stereocenters. The number of anilines is 1. The molecule has 0 aliphatic carbocycles. The summed E-state index contributed by atoms with van der Waals surface area (Å²) in [7, 11) is 2.15. The van der Waals surface area contributed by atoms with Crippen molar-refractivity contribution in [1.82, 2.24) is 4.90 Å². The first-order valence-corrected chi connectivity index (χ1v) is 6.78. The Hall–Kier alpha value is -0.770. The maximum Gasteiger partial charge on any atom is 0.0643 e. The summed E-state index contributed by atoms with van der Waals surface area (Å²) < 4.78 is 0. The Kier molecular flexibility index (Phi) is 3.85. The van der Waals surface area contributed by atoms with Crippen LogP contribution < -0.4 is 10.6 Å². The van der Waals surface area contributed by atoms with Gasteiger partial charge in [-0.3, -0.25) is 0 Å². The molecule has 4 heteroatoms. The maximum absolute atomic E-state index is 6.39. The highest BCUT2D eigenvalue weighted by Crippen LogP contribution is 2.30. The molecule has 1 fully saturated rings. The normalized spacial score (nSPS) is 18.2. The number of benzene rings is 1. The lowest BCUT2D eigenvalue weighted by molar-refractivity contribution is 0.313. The van der Waals surface area contributed by atoms with Gasteiger partial charge in [-0.05, 0) is 38.6 Å². The van der Waals surface area contributed by atoms with Crippen LogP contribution in [-0.4, -0.2) is 38.1 Å². The van der Waals surface area contributed by atoms with E-state index >= 15 is 0 Å². The predicted molar refractivity (Wildman–Crippen MR) is 78.4 cm³/mol. The van der Waals surface area contributed by atoms with Gasteiger partial charge in [-0.15, -0.1) is 0 Å². The second-order valence-electron chi connectivity index (χ2n) is 5.68. The number of hydrogen-bond acceptors (Lipinski definition) is 3. The molecule has 2 rings (SSSR count). The van der Waals surface area contributed by atoms with Crippen LogP contribution in [0.5, 0.6) is 0 Å². The number of nitrogens with zero attached hydrogens (tertiary/aromatic N) is 2. The number of likely N-dealkylation sites (N-methyl/N-ethyl adjacent to an activating group) is 1. The molecule has 0 spiro atoms. The molecule has 0 saturated carbocycles. The van der Waals surface area contributed by atoms with Crippen LogP contribution >= 0.6 is 11.6 Å². The van der Waals surface area contributed by atoms with Crippen LogP contribution in [0.2, 0.25) is 5.02 Å². The number of piperazine rings is 1. The van der Waals surface area contributed by atoms with E-state index in [-0.39, 0.29) is 5.54 Å². The van der Waals surface area contributed by atoms with Crippen LogP contribution in [0.15, 0.2) is 18.2 Å². The third kappa shape index (κ3) is 2.97. The minimum Gasteiger partial charge on any atom is -0.368 e. The average Bonchev–Trinajstić information content (AvgIpc) is 2.29. The smallest absolute Gasteiger partial charge is 0.0643 e. The van der Waals surface area contributed by atoms with Crippen LogP contribution in [0.1, 0.15) is 19.4 Å². The molecule has 18 heavy (non-hydrogen) atoms. The SMILES string of the molecule is CN1CCN(c2ccc(C(C)(C)N)cc2Cl)CC1. The molecule has 1 aromatic carbocycles. The zero-order valence-corrected chi connectivity index (χ0v) is 12.2. The maximum atomic E-state index is 6.39. The molecule has 1 saturated heterocycles. The van der Waals surface area contributed by atoms with Gasteiger partial charge in [-0.25, -0.2) is 0 Å². The Morgan fingerprint density at radius 2 is 1.78 bits per heavy atom. The summed E-state index contributed by atoms with van der Waals surface area (Å²) in [5, 5.41) is 0.801. The highest BCUT2D eigenvalue weighted by Gasteiger charge is 2.19. The van der Waals surface area contributed by atoms with Crippen LogP contribution in [0.4, 0.5) is 5.69 Å². The van der Waals surface area contributed by atoms with Gasteiger partial charge < -0.3 is 15.5 Å². The van der Waals surface area contributed by atoms with E-state index in [2.05, 4.69) is 29.0 Å². The third-order valence-corrected chi connectivity index (χ3v) is 3.84. The van der Waals surface area contributed by atoms with Crippen molar-refractivity contribution in [2.45, 2.75) is 19.4 Å². The molecule has 1 aliphatic rings. The van der Waals surface area contributed by atoms with E-state index in [9.17, 15) is 0 Å². The monoisotopic (exact) mass is 267 g/mol. The lowest BCUT2D eigenvalue weighted by Crippen LogP contribution is -2.44. The van der Waals surface area contributed by atoms with E-state index < -0.39 is 0 Å². The summed E-state index contributed by atoms with van der Waals surface area (Å²) >= 11 is 6.39. The molecular weight excluding hydrogens is 246 g/mol. The van der Waals surface area contributed by atoms with Crippen molar-refractivity contribution in [1.29, 1.82) is 0 Å². The minimum absolute atomic E-state index is 0.343. The van der Waals surface area contributed by atoms with Crippen LogP contribution in [0, 0.1) is 0 Å². The molecule has 1 aromatic rings. The van der Waals surface area contributed by atoms with E-state index in [1.165, 1.54) is 0 Å². The second-order valence-corrected chi connectivity index (χ2v) is 6.09. The van der Waals surface area contributed by atoms with Gasteiger partial charge in [-0.1, -0.05) is 17.7 Å². The Balaban J connectivity index is 2.20. The summed E-state index contributed by atoms with van der Waals surface area (Å²) in [6.07, 6.45) is 0. The number of hydrogen-bond donors (Lipinski definition) is 1. The van der Waals surface area contributed by atoms with E-state index in [0.29, 0.717) is 0 Å². The van der Waals surface area contributed by atoms with Gasteiger partial charge in [0.05, 0.1) is 10.7 Å². The molecular formula is C14H22ClN3. The fourth-order valence-electron chi connectivity index (χ4n) is 2.21. The molecule has 3 nitrogen and oxygen atoms in total. The topological polar surface area (TPSA) is 32.5 Å². The fourth-order valence-corrected chi connectivity index (χ4v) is 2.51. The minimum atomic E-state index is -0.343. The molecule has 1 heterocycles. The Morgan fingerprint density at radius 3 is 2.28 bits per heavy atom. The van der Waals surface area contributed by atoms with Gasteiger partial charge in [0.1, 0.15) is 0 Å². The summed E-state index contributed by atoms with van der Waals surface area (Å²) in [5.74, 6) is 0. The van der Waals surface area contributed by atoms with E-state index in [4.69, 9.17) is 17.3 Å². The van der Waals surface area contributed by atoms with Gasteiger partial charge in [0.15, 0.2) is 0 Å². The molecule has 0 atom stereocenters. The number of halogens is 1. The number of nitrogens with two attached hydrogens (primary N) is 1. The molecule has 1 aliphatic heterocycles. The summed E-state index contributed by atoms with van der Waals surface area (Å²) in [6, 6.07) is 6.17. The molecule has 0 amide bonds. The standard InChI is InChI=1S/C14H22ClN3/c1-14(2,16)11-4-5-13(12(15)10-11)18-8-6-17(3)7-9-18/h4-5,10H,6-9,16H2,1-3H3. The van der Waals surface area contributed by atoms with E-state index in [1.54, 1.807) is 0 Å². The largest absolute Gasteiger partial charge is 0.368 e.